The van der Waals surface area contributed by atoms with Crippen LogP contribution in [0.3, 0.4) is 0 Å². The van der Waals surface area contributed by atoms with Gasteiger partial charge in [-0.25, -0.2) is 4.99 Å². The Morgan fingerprint density at radius 1 is 1.04 bits per heavy atom. The lowest BCUT2D eigenvalue weighted by Gasteiger charge is -2.17. The van der Waals surface area contributed by atoms with Gasteiger partial charge in [-0.15, -0.1) is 24.0 Å². The number of nitrogens with zero attached hydrogens (tertiary/aromatic N) is 2. The summed E-state index contributed by atoms with van der Waals surface area (Å²) in [6.45, 7) is 1.86. The lowest BCUT2D eigenvalue weighted by atomic mass is 10.2. The molecule has 0 aliphatic rings. The number of nitrogens with one attached hydrogen (secondary N) is 2. The molecule has 0 heterocycles. The summed E-state index contributed by atoms with van der Waals surface area (Å²) in [4.78, 5) is 18.5. The standard InChI is InChI=1S/C20H26N4O2.HI/c1-24(2)20(23-15-16-8-4-3-5-9-16)22-13-7-12-21-19(26)17-10-6-11-18(25)14-17;/h3-6,8-11,14,25H,7,12-13,15H2,1-2H3,(H,21,26)(H,22,23);1H. The van der Waals surface area contributed by atoms with Crippen molar-refractivity contribution in [3.63, 3.8) is 0 Å². The number of carbonyl (C=O) groups excluding carboxylic acids is 1. The van der Waals surface area contributed by atoms with Crippen LogP contribution in [0.25, 0.3) is 0 Å². The van der Waals surface area contributed by atoms with Gasteiger partial charge in [-0.2, -0.15) is 0 Å². The quantitative estimate of drug-likeness (QED) is 0.246. The number of phenols is 1. The molecule has 0 atom stereocenters. The molecule has 6 nitrogen and oxygen atoms in total. The van der Waals surface area contributed by atoms with Crippen molar-refractivity contribution >= 4 is 35.8 Å². The summed E-state index contributed by atoms with van der Waals surface area (Å²) in [6, 6.07) is 16.4. The highest BCUT2D eigenvalue weighted by Crippen LogP contribution is 2.10. The maximum atomic E-state index is 12.0. The monoisotopic (exact) mass is 482 g/mol. The topological polar surface area (TPSA) is 77.0 Å². The van der Waals surface area contributed by atoms with E-state index >= 15 is 0 Å². The van der Waals surface area contributed by atoms with Gasteiger partial charge in [0.1, 0.15) is 5.75 Å². The molecule has 2 rings (SSSR count). The maximum Gasteiger partial charge on any atom is 0.251 e. The molecule has 0 saturated heterocycles. The van der Waals surface area contributed by atoms with Crippen molar-refractivity contribution in [2.24, 2.45) is 4.99 Å². The summed E-state index contributed by atoms with van der Waals surface area (Å²) in [5.74, 6) is 0.712. The Balaban J connectivity index is 0.00000364. The highest BCUT2D eigenvalue weighted by atomic mass is 127. The Bertz CT molecular complexity index is 736. The molecule has 0 aliphatic carbocycles. The zero-order chi connectivity index (χ0) is 18.8. The Hall–Kier alpha value is -2.29. The summed E-state index contributed by atoms with van der Waals surface area (Å²) in [7, 11) is 3.89. The third-order valence-electron chi connectivity index (χ3n) is 3.71. The van der Waals surface area contributed by atoms with Gasteiger partial charge in [0.15, 0.2) is 5.96 Å². The number of amides is 1. The second-order valence-electron chi connectivity index (χ2n) is 6.11. The third kappa shape index (κ3) is 8.29. The molecular formula is C20H27IN4O2. The summed E-state index contributed by atoms with van der Waals surface area (Å²) in [5, 5.41) is 15.5. The molecule has 1 amide bonds. The van der Waals surface area contributed by atoms with Crippen molar-refractivity contribution in [1.29, 1.82) is 0 Å². The van der Waals surface area contributed by atoms with E-state index in [9.17, 15) is 9.90 Å². The first-order chi connectivity index (χ1) is 12.6. The van der Waals surface area contributed by atoms with Crippen LogP contribution in [0.4, 0.5) is 0 Å². The average Bonchev–Trinajstić information content (AvgIpc) is 2.64. The van der Waals surface area contributed by atoms with Crippen LogP contribution in [0, 0.1) is 0 Å². The van der Waals surface area contributed by atoms with Gasteiger partial charge in [-0.3, -0.25) is 4.79 Å². The Morgan fingerprint density at radius 2 is 1.74 bits per heavy atom. The van der Waals surface area contributed by atoms with Crippen molar-refractivity contribution in [2.45, 2.75) is 13.0 Å². The second-order valence-corrected chi connectivity index (χ2v) is 6.11. The van der Waals surface area contributed by atoms with Crippen LogP contribution in [0.1, 0.15) is 22.3 Å². The van der Waals surface area contributed by atoms with Crippen molar-refractivity contribution < 1.29 is 9.90 Å². The predicted molar refractivity (Wildman–Crippen MR) is 120 cm³/mol. The van der Waals surface area contributed by atoms with Gasteiger partial charge in [0.2, 0.25) is 0 Å². The molecule has 0 radical (unpaired) electrons. The first kappa shape index (κ1) is 22.8. The molecular weight excluding hydrogens is 455 g/mol. The van der Waals surface area contributed by atoms with Gasteiger partial charge in [-0.05, 0) is 30.2 Å². The molecule has 0 fully saturated rings. The smallest absolute Gasteiger partial charge is 0.251 e. The van der Waals surface area contributed by atoms with Crippen LogP contribution < -0.4 is 10.6 Å². The molecule has 0 aromatic heterocycles. The van der Waals surface area contributed by atoms with E-state index in [1.807, 2.05) is 49.3 Å². The molecule has 146 valence electrons. The van der Waals surface area contributed by atoms with Crippen LogP contribution >= 0.6 is 24.0 Å². The number of aliphatic imine (C=N–C) groups is 1. The van der Waals surface area contributed by atoms with Gasteiger partial charge < -0.3 is 20.6 Å². The Labute approximate surface area is 177 Å². The maximum absolute atomic E-state index is 12.0. The first-order valence-corrected chi connectivity index (χ1v) is 8.63. The van der Waals surface area contributed by atoms with E-state index in [4.69, 9.17) is 0 Å². The predicted octanol–water partition coefficient (Wildman–Crippen LogP) is 2.84. The number of hydrogen-bond acceptors (Lipinski definition) is 3. The fourth-order valence-corrected chi connectivity index (χ4v) is 2.34. The number of benzene rings is 2. The number of halogens is 1. The van der Waals surface area contributed by atoms with Crippen molar-refractivity contribution in [3.05, 3.63) is 65.7 Å². The lowest BCUT2D eigenvalue weighted by molar-refractivity contribution is 0.0953. The van der Waals surface area contributed by atoms with Gasteiger partial charge in [0, 0.05) is 32.7 Å². The third-order valence-corrected chi connectivity index (χ3v) is 3.71. The van der Waals surface area contributed by atoms with E-state index in [0.717, 1.165) is 17.9 Å². The number of carbonyl (C=O) groups is 1. The minimum absolute atomic E-state index is 0. The van der Waals surface area contributed by atoms with Crippen LogP contribution in [0.2, 0.25) is 0 Å². The molecule has 0 saturated carbocycles. The van der Waals surface area contributed by atoms with E-state index in [0.29, 0.717) is 25.2 Å². The number of rotatable bonds is 7. The molecule has 0 unspecified atom stereocenters. The number of phenolic OH excluding ortho intramolecular Hbond substituents is 1. The van der Waals surface area contributed by atoms with E-state index in [2.05, 4.69) is 15.6 Å². The van der Waals surface area contributed by atoms with E-state index in [1.165, 1.54) is 12.1 Å². The van der Waals surface area contributed by atoms with Crippen LogP contribution in [0.15, 0.2) is 59.6 Å². The summed E-state index contributed by atoms with van der Waals surface area (Å²) in [5.41, 5.74) is 1.61. The minimum atomic E-state index is -0.188. The van der Waals surface area contributed by atoms with Gasteiger partial charge in [0.25, 0.3) is 5.91 Å². The molecule has 2 aromatic rings. The molecule has 3 N–H and O–H groups in total. The lowest BCUT2D eigenvalue weighted by Crippen LogP contribution is -2.38. The highest BCUT2D eigenvalue weighted by Gasteiger charge is 2.05. The molecule has 27 heavy (non-hydrogen) atoms. The van der Waals surface area contributed by atoms with Crippen LogP contribution in [-0.2, 0) is 6.54 Å². The van der Waals surface area contributed by atoms with E-state index < -0.39 is 0 Å². The summed E-state index contributed by atoms with van der Waals surface area (Å²) >= 11 is 0. The number of aromatic hydroxyl groups is 1. The Kier molecular flexibility index (Phi) is 10.2. The number of hydrogen-bond donors (Lipinski definition) is 3. The summed E-state index contributed by atoms with van der Waals surface area (Å²) in [6.07, 6.45) is 0.767. The first-order valence-electron chi connectivity index (χ1n) is 8.63. The highest BCUT2D eigenvalue weighted by molar-refractivity contribution is 14.0. The molecule has 7 heteroatoms. The zero-order valence-corrected chi connectivity index (χ0v) is 18.0. The van der Waals surface area contributed by atoms with Gasteiger partial charge in [0.05, 0.1) is 6.54 Å². The van der Waals surface area contributed by atoms with Crippen LogP contribution in [0.5, 0.6) is 5.75 Å². The second kappa shape index (κ2) is 12.2. The molecule has 2 aromatic carbocycles. The average molecular weight is 482 g/mol. The largest absolute Gasteiger partial charge is 0.508 e. The van der Waals surface area contributed by atoms with Crippen molar-refractivity contribution in [2.75, 3.05) is 27.2 Å². The van der Waals surface area contributed by atoms with E-state index in [-0.39, 0.29) is 35.6 Å². The fraction of sp³-hybridized carbons (Fsp3) is 0.300. The molecule has 0 spiro atoms. The van der Waals surface area contributed by atoms with E-state index in [1.54, 1.807) is 12.1 Å². The van der Waals surface area contributed by atoms with Gasteiger partial charge >= 0.3 is 0 Å². The fourth-order valence-electron chi connectivity index (χ4n) is 2.34. The SMILES string of the molecule is CN(C)C(=NCc1ccccc1)NCCCNC(=O)c1cccc(O)c1.I. The summed E-state index contributed by atoms with van der Waals surface area (Å²) < 4.78 is 0. The van der Waals surface area contributed by atoms with Crippen molar-refractivity contribution in [3.8, 4) is 5.75 Å². The zero-order valence-electron chi connectivity index (χ0n) is 15.7. The van der Waals surface area contributed by atoms with Crippen LogP contribution in [-0.4, -0.2) is 49.1 Å². The molecule has 0 bridgehead atoms. The minimum Gasteiger partial charge on any atom is -0.508 e. The van der Waals surface area contributed by atoms with Crippen molar-refractivity contribution in [1.82, 2.24) is 15.5 Å². The Morgan fingerprint density at radius 3 is 2.41 bits per heavy atom. The van der Waals surface area contributed by atoms with Gasteiger partial charge in [-0.1, -0.05) is 36.4 Å². The molecule has 0 aliphatic heterocycles. The number of guanidine groups is 1. The normalized spacial score (nSPS) is 10.7.